The Bertz CT molecular complexity index is 446. The molecule has 5 nitrogen and oxygen atoms in total. The zero-order valence-corrected chi connectivity index (χ0v) is 10.8. The summed E-state index contributed by atoms with van der Waals surface area (Å²) in [5.41, 5.74) is 1.02. The molecule has 0 saturated carbocycles. The molecule has 2 atom stereocenters. The van der Waals surface area contributed by atoms with Crippen molar-refractivity contribution >= 4 is 12.1 Å². The smallest absolute Gasteiger partial charge is 0.407 e. The van der Waals surface area contributed by atoms with Crippen molar-refractivity contribution < 1.29 is 19.1 Å². The highest BCUT2D eigenvalue weighted by molar-refractivity contribution is 5.76. The van der Waals surface area contributed by atoms with Crippen LogP contribution in [0.1, 0.15) is 12.5 Å². The van der Waals surface area contributed by atoms with Crippen LogP contribution in [0.2, 0.25) is 0 Å². The number of nitrogens with one attached hydrogen (secondary N) is 1. The van der Waals surface area contributed by atoms with Gasteiger partial charge in [-0.2, -0.15) is 0 Å². The number of benzene rings is 1. The van der Waals surface area contributed by atoms with Crippen LogP contribution in [0.25, 0.3) is 0 Å². The van der Waals surface area contributed by atoms with Gasteiger partial charge < -0.3 is 14.8 Å². The van der Waals surface area contributed by atoms with Gasteiger partial charge in [-0.1, -0.05) is 30.3 Å². The Labute approximate surface area is 111 Å². The zero-order chi connectivity index (χ0) is 13.7. The van der Waals surface area contributed by atoms with Gasteiger partial charge in [-0.25, -0.2) is 4.79 Å². The third-order valence-corrected chi connectivity index (χ3v) is 3.04. The van der Waals surface area contributed by atoms with Gasteiger partial charge >= 0.3 is 12.1 Å². The summed E-state index contributed by atoms with van der Waals surface area (Å²) in [6, 6.07) is 9.62. The highest BCUT2D eigenvalue weighted by atomic mass is 16.6. The van der Waals surface area contributed by atoms with Crippen molar-refractivity contribution in [3.8, 4) is 0 Å². The Hall–Kier alpha value is -2.04. The Kier molecular flexibility index (Phi) is 4.39. The lowest BCUT2D eigenvalue weighted by Gasteiger charge is -2.19. The molecule has 0 radical (unpaired) electrons. The van der Waals surface area contributed by atoms with Gasteiger partial charge in [0.1, 0.15) is 6.10 Å². The fourth-order valence-electron chi connectivity index (χ4n) is 2.11. The number of ether oxygens (including phenoxy) is 2. The lowest BCUT2D eigenvalue weighted by molar-refractivity contribution is -0.151. The van der Waals surface area contributed by atoms with Gasteiger partial charge in [-0.05, 0) is 18.9 Å². The Balaban J connectivity index is 2.10. The van der Waals surface area contributed by atoms with E-state index in [1.54, 1.807) is 6.92 Å². The normalized spacial score (nSPS) is 19.4. The summed E-state index contributed by atoms with van der Waals surface area (Å²) >= 11 is 0. The van der Waals surface area contributed by atoms with Crippen LogP contribution in [0.5, 0.6) is 0 Å². The highest BCUT2D eigenvalue weighted by Crippen LogP contribution is 2.19. The molecule has 1 fully saturated rings. The van der Waals surface area contributed by atoms with E-state index in [0.717, 1.165) is 5.56 Å². The molecule has 0 spiro atoms. The summed E-state index contributed by atoms with van der Waals surface area (Å²) < 4.78 is 10.2. The van der Waals surface area contributed by atoms with Gasteiger partial charge in [0, 0.05) is 0 Å². The van der Waals surface area contributed by atoms with Gasteiger partial charge in [-0.3, -0.25) is 4.79 Å². The average Bonchev–Trinajstić information content (AvgIpc) is 2.84. The van der Waals surface area contributed by atoms with Crippen LogP contribution in [-0.2, 0) is 20.7 Å². The monoisotopic (exact) mass is 263 g/mol. The van der Waals surface area contributed by atoms with Crippen LogP contribution in [0.3, 0.4) is 0 Å². The summed E-state index contributed by atoms with van der Waals surface area (Å²) in [7, 11) is 0. The second-order valence-corrected chi connectivity index (χ2v) is 4.37. The zero-order valence-electron chi connectivity index (χ0n) is 10.8. The number of esters is 1. The average molecular weight is 263 g/mol. The molecule has 1 aliphatic heterocycles. The van der Waals surface area contributed by atoms with Crippen molar-refractivity contribution in [2.45, 2.75) is 19.4 Å². The van der Waals surface area contributed by atoms with Crippen molar-refractivity contribution in [1.29, 1.82) is 0 Å². The second-order valence-electron chi connectivity index (χ2n) is 4.37. The summed E-state index contributed by atoms with van der Waals surface area (Å²) in [6.45, 7) is 2.42. The summed E-state index contributed by atoms with van der Waals surface area (Å²) in [4.78, 5) is 23.1. The minimum absolute atomic E-state index is 0.318. The van der Waals surface area contributed by atoms with Gasteiger partial charge in [0.15, 0.2) is 0 Å². The molecule has 1 aromatic rings. The van der Waals surface area contributed by atoms with Crippen molar-refractivity contribution in [2.24, 2.45) is 5.92 Å². The number of carbonyl (C=O) groups excluding carboxylic acids is 2. The summed E-state index contributed by atoms with van der Waals surface area (Å²) in [5, 5.41) is 2.56. The SMILES string of the molecule is CCOC(=O)C(Cc1ccccc1)[C@@H]1CNC(=O)O1. The predicted molar refractivity (Wildman–Crippen MR) is 68.5 cm³/mol. The first-order valence-corrected chi connectivity index (χ1v) is 6.35. The molecule has 1 N–H and O–H groups in total. The summed E-state index contributed by atoms with van der Waals surface area (Å²) in [6.07, 6.45) is -0.446. The number of hydrogen-bond donors (Lipinski definition) is 1. The Morgan fingerprint density at radius 3 is 2.79 bits per heavy atom. The Morgan fingerprint density at radius 2 is 2.21 bits per heavy atom. The molecule has 1 unspecified atom stereocenters. The van der Waals surface area contributed by atoms with E-state index in [9.17, 15) is 9.59 Å². The van der Waals surface area contributed by atoms with E-state index in [4.69, 9.17) is 9.47 Å². The van der Waals surface area contributed by atoms with Crippen molar-refractivity contribution in [1.82, 2.24) is 5.32 Å². The van der Waals surface area contributed by atoms with Crippen molar-refractivity contribution in [2.75, 3.05) is 13.2 Å². The predicted octanol–water partition coefficient (Wildman–Crippen LogP) is 1.52. The van der Waals surface area contributed by atoms with Gasteiger partial charge in [0.05, 0.1) is 19.1 Å². The van der Waals surface area contributed by atoms with Crippen LogP contribution in [-0.4, -0.2) is 31.3 Å². The molecule has 1 heterocycles. The number of amides is 1. The number of carbonyl (C=O) groups is 2. The maximum Gasteiger partial charge on any atom is 0.407 e. The third kappa shape index (κ3) is 3.47. The van der Waals surface area contributed by atoms with E-state index in [1.165, 1.54) is 0 Å². The van der Waals surface area contributed by atoms with Crippen LogP contribution in [0.15, 0.2) is 30.3 Å². The van der Waals surface area contributed by atoms with E-state index < -0.39 is 18.1 Å². The standard InChI is InChI=1S/C14H17NO4/c1-2-18-13(16)11(12-9-15-14(17)19-12)8-10-6-4-3-5-7-10/h3-7,11-12H,2,8-9H2,1H3,(H,15,17)/t11?,12-/m0/s1. The topological polar surface area (TPSA) is 64.6 Å². The molecule has 1 amide bonds. The maximum atomic E-state index is 12.0. The highest BCUT2D eigenvalue weighted by Gasteiger charge is 2.36. The van der Waals surface area contributed by atoms with Gasteiger partial charge in [-0.15, -0.1) is 0 Å². The third-order valence-electron chi connectivity index (χ3n) is 3.04. The molecule has 5 heteroatoms. The first-order chi connectivity index (χ1) is 9.20. The molecule has 102 valence electrons. The van der Waals surface area contributed by atoms with E-state index in [0.29, 0.717) is 19.6 Å². The van der Waals surface area contributed by atoms with Crippen molar-refractivity contribution in [3.05, 3.63) is 35.9 Å². The number of rotatable bonds is 5. The van der Waals surface area contributed by atoms with Gasteiger partial charge in [0.2, 0.25) is 0 Å². The molecule has 0 aromatic heterocycles. The molecule has 19 heavy (non-hydrogen) atoms. The molecule has 1 aromatic carbocycles. The lowest BCUT2D eigenvalue weighted by atomic mass is 9.94. The maximum absolute atomic E-state index is 12.0. The number of hydrogen-bond acceptors (Lipinski definition) is 4. The van der Waals surface area contributed by atoms with E-state index >= 15 is 0 Å². The first-order valence-electron chi connectivity index (χ1n) is 6.35. The van der Waals surface area contributed by atoms with E-state index in [2.05, 4.69) is 5.32 Å². The lowest BCUT2D eigenvalue weighted by Crippen LogP contribution is -2.34. The van der Waals surface area contributed by atoms with Crippen LogP contribution in [0.4, 0.5) is 4.79 Å². The number of cyclic esters (lactones) is 1. The van der Waals surface area contributed by atoms with E-state index in [-0.39, 0.29) is 5.97 Å². The van der Waals surface area contributed by atoms with E-state index in [1.807, 2.05) is 30.3 Å². The number of alkyl carbamates (subject to hydrolysis) is 1. The molecule has 1 saturated heterocycles. The molecular weight excluding hydrogens is 246 g/mol. The Morgan fingerprint density at radius 1 is 1.47 bits per heavy atom. The van der Waals surface area contributed by atoms with Crippen molar-refractivity contribution in [3.63, 3.8) is 0 Å². The minimum Gasteiger partial charge on any atom is -0.466 e. The quantitative estimate of drug-likeness (QED) is 0.818. The molecule has 0 aliphatic carbocycles. The first kappa shape index (κ1) is 13.4. The second kappa shape index (κ2) is 6.22. The van der Waals surface area contributed by atoms with Crippen LogP contribution >= 0.6 is 0 Å². The molecular formula is C14H17NO4. The summed E-state index contributed by atoms with van der Waals surface area (Å²) in [5.74, 6) is -0.797. The largest absolute Gasteiger partial charge is 0.466 e. The van der Waals surface area contributed by atoms with Crippen LogP contribution in [0, 0.1) is 5.92 Å². The fraction of sp³-hybridized carbons (Fsp3) is 0.429. The fourth-order valence-corrected chi connectivity index (χ4v) is 2.11. The molecule has 0 bridgehead atoms. The van der Waals surface area contributed by atoms with Crippen LogP contribution < -0.4 is 5.32 Å². The molecule has 2 rings (SSSR count). The minimum atomic E-state index is -0.479. The molecule has 1 aliphatic rings. The van der Waals surface area contributed by atoms with Gasteiger partial charge in [0.25, 0.3) is 0 Å².